The molecule has 0 bridgehead atoms. The highest BCUT2D eigenvalue weighted by molar-refractivity contribution is 7.89. The number of hydrogen-bond donors (Lipinski definition) is 1. The van der Waals surface area contributed by atoms with Gasteiger partial charge in [0.15, 0.2) is 0 Å². The van der Waals surface area contributed by atoms with E-state index >= 15 is 0 Å². The lowest BCUT2D eigenvalue weighted by Crippen LogP contribution is -2.49. The Morgan fingerprint density at radius 1 is 1.05 bits per heavy atom. The summed E-state index contributed by atoms with van der Waals surface area (Å²) in [6.07, 6.45) is 2.98. The van der Waals surface area contributed by atoms with Crippen LogP contribution in [0.1, 0.15) is 61.0 Å². The molecule has 1 N–H and O–H groups in total. The zero-order chi connectivity index (χ0) is 27.0. The van der Waals surface area contributed by atoms with Gasteiger partial charge in [0.25, 0.3) is 5.91 Å². The van der Waals surface area contributed by atoms with Crippen molar-refractivity contribution in [2.24, 2.45) is 11.8 Å². The Labute approximate surface area is 224 Å². The number of piperidine rings is 2. The van der Waals surface area contributed by atoms with Crippen LogP contribution in [-0.2, 0) is 28.0 Å². The number of nitrogens with one attached hydrogen (secondary N) is 1. The first kappa shape index (κ1) is 26.4. The molecule has 2 fully saturated rings. The second-order valence-electron chi connectivity index (χ2n) is 10.8. The first-order chi connectivity index (χ1) is 18.1. The minimum absolute atomic E-state index is 0.176. The monoisotopic (exact) mass is 537 g/mol. The van der Waals surface area contributed by atoms with Crippen LogP contribution in [0, 0.1) is 11.8 Å². The highest BCUT2D eigenvalue weighted by Crippen LogP contribution is 2.34. The summed E-state index contributed by atoms with van der Waals surface area (Å²) in [5.41, 5.74) is 2.81. The van der Waals surface area contributed by atoms with Gasteiger partial charge in [-0.05, 0) is 67.3 Å². The van der Waals surface area contributed by atoms with E-state index in [1.807, 2.05) is 6.07 Å². The Morgan fingerprint density at radius 2 is 1.76 bits per heavy atom. The maximum Gasteiger partial charge on any atom is 0.255 e. The summed E-state index contributed by atoms with van der Waals surface area (Å²) in [6, 6.07) is 11.6. The number of allylic oxidation sites excluding steroid dienone is 1. The van der Waals surface area contributed by atoms with E-state index in [0.29, 0.717) is 66.2 Å². The standard InChI is InChI=1S/C29H35N3O5S/c1-19(2)22-13-15-31(16-14-22)38(35,36)23-10-8-21(9-11-23)18-37-27-6-4-5-24-25(27)17-32(29(24)34)26-12-7-20(3)30-28(26)33/h4-6,8-11,19,22,26H,3,7,12-18H2,1-2H3,(H,30,33). The Balaban J connectivity index is 1.23. The van der Waals surface area contributed by atoms with Crippen LogP contribution in [0.25, 0.3) is 0 Å². The molecule has 202 valence electrons. The van der Waals surface area contributed by atoms with Crippen LogP contribution < -0.4 is 10.1 Å². The molecule has 1 unspecified atom stereocenters. The van der Waals surface area contributed by atoms with Gasteiger partial charge >= 0.3 is 0 Å². The molecule has 0 spiro atoms. The second kappa shape index (κ2) is 10.5. The molecular formula is C29H35N3O5S. The molecule has 2 saturated heterocycles. The minimum atomic E-state index is -3.52. The third-order valence-corrected chi connectivity index (χ3v) is 9.96. The van der Waals surface area contributed by atoms with Crippen LogP contribution in [-0.4, -0.2) is 48.6 Å². The van der Waals surface area contributed by atoms with E-state index in [9.17, 15) is 18.0 Å². The van der Waals surface area contributed by atoms with Gasteiger partial charge in [0.2, 0.25) is 15.9 Å². The Kier molecular flexibility index (Phi) is 7.33. The fourth-order valence-electron chi connectivity index (χ4n) is 5.62. The van der Waals surface area contributed by atoms with Gasteiger partial charge in [-0.3, -0.25) is 9.59 Å². The van der Waals surface area contributed by atoms with E-state index in [1.54, 1.807) is 45.6 Å². The maximum atomic E-state index is 13.1. The van der Waals surface area contributed by atoms with Gasteiger partial charge < -0.3 is 15.0 Å². The van der Waals surface area contributed by atoms with Crippen LogP contribution >= 0.6 is 0 Å². The Hall–Kier alpha value is -3.17. The predicted octanol–water partition coefficient (Wildman–Crippen LogP) is 4.07. The van der Waals surface area contributed by atoms with Gasteiger partial charge in [-0.2, -0.15) is 4.31 Å². The third-order valence-electron chi connectivity index (χ3n) is 8.05. The number of benzene rings is 2. The first-order valence-corrected chi connectivity index (χ1v) is 14.7. The number of sulfonamides is 1. The van der Waals surface area contributed by atoms with Gasteiger partial charge in [0.1, 0.15) is 18.4 Å². The summed E-state index contributed by atoms with van der Waals surface area (Å²) < 4.78 is 34.0. The summed E-state index contributed by atoms with van der Waals surface area (Å²) in [5.74, 6) is 1.35. The lowest BCUT2D eigenvalue weighted by molar-refractivity contribution is -0.126. The van der Waals surface area contributed by atoms with Gasteiger partial charge in [-0.25, -0.2) is 8.42 Å². The third kappa shape index (κ3) is 5.09. The lowest BCUT2D eigenvalue weighted by atomic mass is 9.87. The van der Waals surface area contributed by atoms with E-state index in [4.69, 9.17) is 4.74 Å². The fourth-order valence-corrected chi connectivity index (χ4v) is 7.09. The molecule has 2 aromatic carbocycles. The largest absolute Gasteiger partial charge is 0.489 e. The van der Waals surface area contributed by atoms with Crippen molar-refractivity contribution in [3.8, 4) is 5.75 Å². The van der Waals surface area contributed by atoms with Gasteiger partial charge in [-0.15, -0.1) is 0 Å². The number of carbonyl (C=O) groups is 2. The van der Waals surface area contributed by atoms with Crippen LogP contribution in [0.5, 0.6) is 5.75 Å². The molecule has 2 aromatic rings. The molecule has 5 rings (SSSR count). The second-order valence-corrected chi connectivity index (χ2v) is 12.7. The molecular weight excluding hydrogens is 502 g/mol. The highest BCUT2D eigenvalue weighted by atomic mass is 32.2. The molecule has 2 amide bonds. The van der Waals surface area contributed by atoms with Crippen LogP contribution in [0.4, 0.5) is 0 Å². The number of fused-ring (bicyclic) bond motifs is 1. The van der Waals surface area contributed by atoms with Crippen molar-refractivity contribution in [2.45, 2.75) is 63.6 Å². The SMILES string of the molecule is C=C1CCC(N2Cc3c(OCc4ccc(S(=O)(=O)N5CCC(C(C)C)CC5)cc4)cccc3C2=O)C(=O)N1. The van der Waals surface area contributed by atoms with E-state index in [-0.39, 0.29) is 18.4 Å². The minimum Gasteiger partial charge on any atom is -0.489 e. The van der Waals surface area contributed by atoms with Gasteiger partial charge in [0.05, 0.1) is 11.4 Å². The zero-order valence-corrected chi connectivity index (χ0v) is 22.8. The summed E-state index contributed by atoms with van der Waals surface area (Å²) in [5, 5.41) is 2.75. The maximum absolute atomic E-state index is 13.1. The molecule has 1 atom stereocenters. The fraction of sp³-hybridized carbons (Fsp3) is 0.448. The molecule has 0 aromatic heterocycles. The zero-order valence-electron chi connectivity index (χ0n) is 22.0. The molecule has 0 saturated carbocycles. The van der Waals surface area contributed by atoms with E-state index in [1.165, 1.54) is 0 Å². The number of amides is 2. The molecule has 3 heterocycles. The number of ether oxygens (including phenoxy) is 1. The lowest BCUT2D eigenvalue weighted by Gasteiger charge is -2.33. The van der Waals surface area contributed by atoms with Gasteiger partial charge in [0, 0.05) is 29.9 Å². The molecule has 8 nitrogen and oxygen atoms in total. The summed E-state index contributed by atoms with van der Waals surface area (Å²) >= 11 is 0. The van der Waals surface area contributed by atoms with Crippen molar-refractivity contribution < 1.29 is 22.7 Å². The molecule has 0 radical (unpaired) electrons. The summed E-state index contributed by atoms with van der Waals surface area (Å²) in [7, 11) is -3.52. The molecule has 0 aliphatic carbocycles. The van der Waals surface area contributed by atoms with Gasteiger partial charge in [-0.1, -0.05) is 38.6 Å². The molecule has 38 heavy (non-hydrogen) atoms. The topological polar surface area (TPSA) is 96.0 Å². The summed E-state index contributed by atoms with van der Waals surface area (Å²) in [4.78, 5) is 27.4. The molecule has 3 aliphatic rings. The molecule has 3 aliphatic heterocycles. The predicted molar refractivity (Wildman–Crippen MR) is 144 cm³/mol. The Morgan fingerprint density at radius 3 is 2.42 bits per heavy atom. The number of hydrogen-bond acceptors (Lipinski definition) is 5. The number of carbonyl (C=O) groups excluding carboxylic acids is 2. The van der Waals surface area contributed by atoms with Crippen molar-refractivity contribution in [1.82, 2.24) is 14.5 Å². The molecule has 9 heteroatoms. The highest BCUT2D eigenvalue weighted by Gasteiger charge is 2.39. The number of nitrogens with zero attached hydrogens (tertiary/aromatic N) is 2. The number of rotatable bonds is 7. The van der Waals surface area contributed by atoms with E-state index in [2.05, 4.69) is 25.7 Å². The van der Waals surface area contributed by atoms with E-state index in [0.717, 1.165) is 24.0 Å². The van der Waals surface area contributed by atoms with Crippen molar-refractivity contribution in [2.75, 3.05) is 13.1 Å². The van der Waals surface area contributed by atoms with Crippen molar-refractivity contribution in [1.29, 1.82) is 0 Å². The van der Waals surface area contributed by atoms with Crippen LogP contribution in [0.2, 0.25) is 0 Å². The van der Waals surface area contributed by atoms with Crippen LogP contribution in [0.15, 0.2) is 59.6 Å². The summed E-state index contributed by atoms with van der Waals surface area (Å²) in [6.45, 7) is 9.85. The normalized spacial score (nSPS) is 21.1. The smallest absolute Gasteiger partial charge is 0.255 e. The van der Waals surface area contributed by atoms with Crippen molar-refractivity contribution in [3.63, 3.8) is 0 Å². The first-order valence-electron chi connectivity index (χ1n) is 13.3. The average molecular weight is 538 g/mol. The van der Waals surface area contributed by atoms with Crippen LogP contribution in [0.3, 0.4) is 0 Å². The van der Waals surface area contributed by atoms with E-state index < -0.39 is 16.1 Å². The quantitative estimate of drug-likeness (QED) is 0.575. The Bertz CT molecular complexity index is 1340. The average Bonchev–Trinajstić information content (AvgIpc) is 3.24. The van der Waals surface area contributed by atoms with Crippen molar-refractivity contribution >= 4 is 21.8 Å². The van der Waals surface area contributed by atoms with Crippen molar-refractivity contribution in [3.05, 3.63) is 71.4 Å².